The van der Waals surface area contributed by atoms with E-state index in [1.165, 1.54) is 16.0 Å². The normalized spacial score (nSPS) is 12.7. The summed E-state index contributed by atoms with van der Waals surface area (Å²) in [5.41, 5.74) is 2.38. The zero-order valence-electron chi connectivity index (χ0n) is 9.60. The Morgan fingerprint density at radius 2 is 1.88 bits per heavy atom. The van der Waals surface area contributed by atoms with E-state index in [2.05, 4.69) is 32.0 Å². The van der Waals surface area contributed by atoms with E-state index in [0.29, 0.717) is 6.42 Å². The lowest BCUT2D eigenvalue weighted by Gasteiger charge is -2.09. The molecule has 1 N–H and O–H groups in total. The molecule has 1 atom stereocenters. The summed E-state index contributed by atoms with van der Waals surface area (Å²) in [7, 11) is 0. The Hall–Kier alpha value is -1.12. The van der Waals surface area contributed by atoms with Crippen molar-refractivity contribution in [2.24, 2.45) is 0 Å². The first kappa shape index (κ1) is 11.4. The molecule has 0 aliphatic carbocycles. The molecule has 2 heteroatoms. The Morgan fingerprint density at radius 3 is 2.44 bits per heavy atom. The smallest absolute Gasteiger partial charge is 0.0924 e. The van der Waals surface area contributed by atoms with Gasteiger partial charge < -0.3 is 5.11 Å². The van der Waals surface area contributed by atoms with E-state index < -0.39 is 0 Å². The lowest BCUT2D eigenvalue weighted by molar-refractivity contribution is 0.181. The summed E-state index contributed by atoms with van der Waals surface area (Å²) in [4.78, 5) is 2.36. The van der Waals surface area contributed by atoms with E-state index in [-0.39, 0.29) is 6.10 Å². The lowest BCUT2D eigenvalue weighted by Crippen LogP contribution is -2.00. The van der Waals surface area contributed by atoms with Crippen LogP contribution in [0.2, 0.25) is 0 Å². The summed E-state index contributed by atoms with van der Waals surface area (Å²) in [6.07, 6.45) is 0.322. The van der Waals surface area contributed by atoms with E-state index in [0.717, 1.165) is 4.88 Å². The number of rotatable bonds is 3. The molecule has 0 amide bonds. The van der Waals surface area contributed by atoms with Crippen molar-refractivity contribution in [2.45, 2.75) is 26.4 Å². The summed E-state index contributed by atoms with van der Waals surface area (Å²) >= 11 is 1.69. The number of aliphatic hydroxyl groups excluding tert-OH is 1. The maximum atomic E-state index is 10.2. The molecule has 0 fully saturated rings. The van der Waals surface area contributed by atoms with Crippen LogP contribution in [-0.2, 0) is 6.42 Å². The predicted octanol–water partition coefficient (Wildman–Crippen LogP) is 3.64. The van der Waals surface area contributed by atoms with Crippen molar-refractivity contribution in [2.75, 3.05) is 0 Å². The largest absolute Gasteiger partial charge is 0.387 e. The second-order valence-corrected chi connectivity index (χ2v) is 5.40. The molecule has 2 rings (SSSR count). The number of benzene rings is 1. The Labute approximate surface area is 100 Å². The molecular formula is C14H16OS. The van der Waals surface area contributed by atoms with Crippen LogP contribution in [0.4, 0.5) is 0 Å². The van der Waals surface area contributed by atoms with Crippen LogP contribution in [0, 0.1) is 13.8 Å². The lowest BCUT2D eigenvalue weighted by atomic mass is 10.1. The molecule has 1 aromatic heterocycles. The van der Waals surface area contributed by atoms with Crippen LogP contribution >= 0.6 is 11.3 Å². The first-order valence-corrected chi connectivity index (χ1v) is 6.27. The van der Waals surface area contributed by atoms with Gasteiger partial charge in [0.15, 0.2) is 0 Å². The van der Waals surface area contributed by atoms with Crippen LogP contribution in [0.25, 0.3) is 0 Å². The van der Waals surface area contributed by atoms with Gasteiger partial charge in [0.2, 0.25) is 0 Å². The average Bonchev–Trinajstić information content (AvgIpc) is 2.59. The highest BCUT2D eigenvalue weighted by atomic mass is 32.1. The summed E-state index contributed by atoms with van der Waals surface area (Å²) in [6.45, 7) is 4.14. The molecule has 1 heterocycles. The average molecular weight is 232 g/mol. The van der Waals surface area contributed by atoms with Crippen LogP contribution in [-0.4, -0.2) is 5.11 Å². The second kappa shape index (κ2) is 4.81. The zero-order valence-corrected chi connectivity index (χ0v) is 10.4. The van der Waals surface area contributed by atoms with Gasteiger partial charge in [0, 0.05) is 16.2 Å². The summed E-state index contributed by atoms with van der Waals surface area (Å²) in [5, 5.41) is 10.2. The third-order valence-corrected chi connectivity index (χ3v) is 3.91. The van der Waals surface area contributed by atoms with Gasteiger partial charge in [0.05, 0.1) is 6.10 Å². The van der Waals surface area contributed by atoms with Gasteiger partial charge in [-0.2, -0.15) is 0 Å². The van der Waals surface area contributed by atoms with Gasteiger partial charge in [-0.15, -0.1) is 11.3 Å². The summed E-state index contributed by atoms with van der Waals surface area (Å²) < 4.78 is 0. The van der Waals surface area contributed by atoms with Crippen LogP contribution in [0.5, 0.6) is 0 Å². The standard InChI is InChI=1S/C14H16OS/c1-10-8-11(2)16-14(10)13(15)9-12-6-4-3-5-7-12/h3-8,13,15H,9H2,1-2H3. The fourth-order valence-electron chi connectivity index (χ4n) is 1.92. The molecule has 0 bridgehead atoms. The van der Waals surface area contributed by atoms with Crippen LogP contribution < -0.4 is 0 Å². The fraction of sp³-hybridized carbons (Fsp3) is 0.286. The van der Waals surface area contributed by atoms with E-state index in [1.54, 1.807) is 11.3 Å². The van der Waals surface area contributed by atoms with E-state index in [9.17, 15) is 5.11 Å². The number of aryl methyl sites for hydroxylation is 2. The molecule has 0 aliphatic heterocycles. The van der Waals surface area contributed by atoms with Crippen LogP contribution in [0.3, 0.4) is 0 Å². The van der Waals surface area contributed by atoms with Crippen molar-refractivity contribution < 1.29 is 5.11 Å². The van der Waals surface area contributed by atoms with Gasteiger partial charge in [-0.25, -0.2) is 0 Å². The molecule has 1 nitrogen and oxygen atoms in total. The Bertz CT molecular complexity index is 459. The molecule has 0 saturated carbocycles. The highest BCUT2D eigenvalue weighted by Gasteiger charge is 2.13. The quantitative estimate of drug-likeness (QED) is 0.856. The molecule has 0 radical (unpaired) electrons. The van der Waals surface area contributed by atoms with E-state index in [4.69, 9.17) is 0 Å². The minimum Gasteiger partial charge on any atom is -0.387 e. The number of aliphatic hydroxyl groups is 1. The number of thiophene rings is 1. The number of hydrogen-bond donors (Lipinski definition) is 1. The van der Waals surface area contributed by atoms with Gasteiger partial charge in [0.25, 0.3) is 0 Å². The van der Waals surface area contributed by atoms with Gasteiger partial charge in [0.1, 0.15) is 0 Å². The third kappa shape index (κ3) is 2.52. The SMILES string of the molecule is Cc1cc(C)c(C(O)Cc2ccccc2)s1. The van der Waals surface area contributed by atoms with Crippen molar-refractivity contribution in [3.05, 3.63) is 57.3 Å². The molecule has 0 saturated heterocycles. The van der Waals surface area contributed by atoms with Crippen molar-refractivity contribution in [3.8, 4) is 0 Å². The monoisotopic (exact) mass is 232 g/mol. The molecule has 1 unspecified atom stereocenters. The first-order valence-electron chi connectivity index (χ1n) is 5.45. The van der Waals surface area contributed by atoms with Crippen molar-refractivity contribution in [1.29, 1.82) is 0 Å². The summed E-state index contributed by atoms with van der Waals surface area (Å²) in [6, 6.07) is 12.3. The van der Waals surface area contributed by atoms with Gasteiger partial charge >= 0.3 is 0 Å². The minimum atomic E-state index is -0.374. The molecule has 0 spiro atoms. The highest BCUT2D eigenvalue weighted by Crippen LogP contribution is 2.29. The second-order valence-electron chi connectivity index (χ2n) is 4.11. The van der Waals surface area contributed by atoms with Gasteiger partial charge in [-0.1, -0.05) is 30.3 Å². The first-order chi connectivity index (χ1) is 7.66. The van der Waals surface area contributed by atoms with Crippen molar-refractivity contribution in [3.63, 3.8) is 0 Å². The topological polar surface area (TPSA) is 20.2 Å². The Morgan fingerprint density at radius 1 is 1.19 bits per heavy atom. The predicted molar refractivity (Wildman–Crippen MR) is 68.9 cm³/mol. The molecule has 1 aromatic carbocycles. The Kier molecular flexibility index (Phi) is 3.42. The molecule has 84 valence electrons. The summed E-state index contributed by atoms with van der Waals surface area (Å²) in [5.74, 6) is 0. The minimum absolute atomic E-state index is 0.374. The van der Waals surface area contributed by atoms with Crippen molar-refractivity contribution >= 4 is 11.3 Å². The molecular weight excluding hydrogens is 216 g/mol. The van der Waals surface area contributed by atoms with E-state index >= 15 is 0 Å². The van der Waals surface area contributed by atoms with Crippen LogP contribution in [0.15, 0.2) is 36.4 Å². The Balaban J connectivity index is 2.14. The third-order valence-electron chi connectivity index (χ3n) is 2.65. The maximum absolute atomic E-state index is 10.2. The van der Waals surface area contributed by atoms with Gasteiger partial charge in [-0.3, -0.25) is 0 Å². The van der Waals surface area contributed by atoms with Gasteiger partial charge in [-0.05, 0) is 31.0 Å². The zero-order chi connectivity index (χ0) is 11.5. The molecule has 2 aromatic rings. The number of hydrogen-bond acceptors (Lipinski definition) is 2. The molecule has 16 heavy (non-hydrogen) atoms. The fourth-order valence-corrected chi connectivity index (χ4v) is 2.94. The maximum Gasteiger partial charge on any atom is 0.0924 e. The van der Waals surface area contributed by atoms with E-state index in [1.807, 2.05) is 18.2 Å². The van der Waals surface area contributed by atoms with Crippen molar-refractivity contribution in [1.82, 2.24) is 0 Å². The molecule has 0 aliphatic rings. The highest BCUT2D eigenvalue weighted by molar-refractivity contribution is 7.12. The van der Waals surface area contributed by atoms with Crippen LogP contribution in [0.1, 0.15) is 27.0 Å².